The van der Waals surface area contributed by atoms with E-state index in [1.165, 1.54) is 0 Å². The number of nitrogens with two attached hydrogens (primary N) is 2. The summed E-state index contributed by atoms with van der Waals surface area (Å²) in [6.07, 6.45) is 3.60. The third-order valence-electron chi connectivity index (χ3n) is 2.62. The molecular weight excluding hydrogens is 280 g/mol. The summed E-state index contributed by atoms with van der Waals surface area (Å²) in [5.74, 6) is 0.686. The van der Waals surface area contributed by atoms with Gasteiger partial charge in [0.2, 0.25) is 0 Å². The fourth-order valence-electron chi connectivity index (χ4n) is 1.69. The Morgan fingerprint density at radius 2 is 2.06 bits per heavy atom. The van der Waals surface area contributed by atoms with Crippen LogP contribution >= 0.6 is 15.9 Å². The summed E-state index contributed by atoms with van der Waals surface area (Å²) < 4.78 is 2.72. The highest BCUT2D eigenvalue weighted by Crippen LogP contribution is 2.24. The van der Waals surface area contributed by atoms with Crippen LogP contribution in [0.2, 0.25) is 0 Å². The van der Waals surface area contributed by atoms with Gasteiger partial charge >= 0.3 is 0 Å². The summed E-state index contributed by atoms with van der Waals surface area (Å²) >= 11 is 3.49. The van der Waals surface area contributed by atoms with Gasteiger partial charge in [-0.05, 0) is 47.4 Å². The molecular formula is C12H15BrN4. The minimum Gasteiger partial charge on any atom is -0.383 e. The van der Waals surface area contributed by atoms with E-state index in [0.29, 0.717) is 12.4 Å². The van der Waals surface area contributed by atoms with E-state index >= 15 is 0 Å². The van der Waals surface area contributed by atoms with Gasteiger partial charge in [-0.2, -0.15) is 5.10 Å². The van der Waals surface area contributed by atoms with Crippen LogP contribution in [0.25, 0.3) is 5.69 Å². The molecule has 0 amide bonds. The zero-order valence-electron chi connectivity index (χ0n) is 9.44. The molecule has 0 aliphatic heterocycles. The Kier molecular flexibility index (Phi) is 3.81. The first kappa shape index (κ1) is 12.1. The smallest absolute Gasteiger partial charge is 0.130 e. The molecule has 0 radical (unpaired) electrons. The molecule has 4 N–H and O–H groups in total. The topological polar surface area (TPSA) is 69.9 Å². The van der Waals surface area contributed by atoms with E-state index in [4.69, 9.17) is 11.5 Å². The third kappa shape index (κ3) is 2.50. The molecule has 0 fully saturated rings. The van der Waals surface area contributed by atoms with E-state index in [2.05, 4.69) is 21.0 Å². The molecule has 0 aliphatic rings. The fraction of sp³-hybridized carbons (Fsp3) is 0.250. The molecule has 90 valence electrons. The Morgan fingerprint density at radius 1 is 1.29 bits per heavy atom. The maximum Gasteiger partial charge on any atom is 0.130 e. The van der Waals surface area contributed by atoms with E-state index in [1.54, 1.807) is 4.68 Å². The van der Waals surface area contributed by atoms with Gasteiger partial charge in [-0.15, -0.1) is 0 Å². The maximum absolute atomic E-state index is 6.08. The van der Waals surface area contributed by atoms with Gasteiger partial charge in [-0.25, -0.2) is 4.68 Å². The van der Waals surface area contributed by atoms with Gasteiger partial charge in [0, 0.05) is 10.0 Å². The van der Waals surface area contributed by atoms with Crippen LogP contribution in [0.15, 0.2) is 34.9 Å². The first-order valence-electron chi connectivity index (χ1n) is 5.51. The molecule has 5 heteroatoms. The van der Waals surface area contributed by atoms with Crippen molar-refractivity contribution < 1.29 is 0 Å². The molecule has 0 saturated carbocycles. The van der Waals surface area contributed by atoms with Gasteiger partial charge in [0.25, 0.3) is 0 Å². The van der Waals surface area contributed by atoms with Crippen molar-refractivity contribution in [2.24, 2.45) is 5.73 Å². The molecule has 0 saturated heterocycles. The van der Waals surface area contributed by atoms with Crippen molar-refractivity contribution in [2.45, 2.75) is 12.8 Å². The highest BCUT2D eigenvalue weighted by atomic mass is 79.9. The second kappa shape index (κ2) is 5.33. The molecule has 0 aliphatic carbocycles. The summed E-state index contributed by atoms with van der Waals surface area (Å²) in [7, 11) is 0. The summed E-state index contributed by atoms with van der Waals surface area (Å²) in [4.78, 5) is 0. The molecule has 0 unspecified atom stereocenters. The van der Waals surface area contributed by atoms with E-state index in [0.717, 1.165) is 28.6 Å². The van der Waals surface area contributed by atoms with Gasteiger partial charge in [0.05, 0.1) is 11.9 Å². The average Bonchev–Trinajstić information content (AvgIpc) is 2.69. The zero-order valence-corrected chi connectivity index (χ0v) is 11.0. The van der Waals surface area contributed by atoms with Crippen molar-refractivity contribution in [3.63, 3.8) is 0 Å². The second-order valence-electron chi connectivity index (χ2n) is 3.81. The molecule has 2 aromatic rings. The summed E-state index contributed by atoms with van der Waals surface area (Å²) in [5.41, 5.74) is 13.6. The van der Waals surface area contributed by atoms with Crippen LogP contribution in [0.5, 0.6) is 0 Å². The van der Waals surface area contributed by atoms with Gasteiger partial charge in [0.1, 0.15) is 5.82 Å². The number of nitrogen functional groups attached to an aromatic ring is 1. The first-order chi connectivity index (χ1) is 8.24. The predicted octanol–water partition coefficient (Wildman–Crippen LogP) is 2.11. The molecule has 1 heterocycles. The molecule has 2 rings (SSSR count). The van der Waals surface area contributed by atoms with Crippen LogP contribution in [0, 0.1) is 0 Å². The van der Waals surface area contributed by atoms with Crippen molar-refractivity contribution >= 4 is 21.7 Å². The minimum atomic E-state index is 0.666. The van der Waals surface area contributed by atoms with Crippen LogP contribution in [0.1, 0.15) is 12.0 Å². The fourth-order valence-corrected chi connectivity index (χ4v) is 2.15. The van der Waals surface area contributed by atoms with Crippen LogP contribution in [-0.4, -0.2) is 16.3 Å². The van der Waals surface area contributed by atoms with Crippen LogP contribution in [0.4, 0.5) is 5.82 Å². The van der Waals surface area contributed by atoms with Crippen LogP contribution in [-0.2, 0) is 6.42 Å². The monoisotopic (exact) mass is 294 g/mol. The molecule has 1 aromatic heterocycles. The van der Waals surface area contributed by atoms with Crippen molar-refractivity contribution in [1.82, 2.24) is 9.78 Å². The number of rotatable bonds is 4. The number of para-hydroxylation sites is 1. The summed E-state index contributed by atoms with van der Waals surface area (Å²) in [6, 6.07) is 7.86. The summed E-state index contributed by atoms with van der Waals surface area (Å²) in [6.45, 7) is 0.666. The summed E-state index contributed by atoms with van der Waals surface area (Å²) in [5, 5.41) is 4.32. The lowest BCUT2D eigenvalue weighted by molar-refractivity contribution is 0.834. The molecule has 4 nitrogen and oxygen atoms in total. The minimum absolute atomic E-state index is 0.666. The molecule has 0 spiro atoms. The maximum atomic E-state index is 6.08. The molecule has 17 heavy (non-hydrogen) atoms. The number of benzene rings is 1. The first-order valence-corrected chi connectivity index (χ1v) is 6.30. The normalized spacial score (nSPS) is 10.7. The van der Waals surface area contributed by atoms with Gasteiger partial charge < -0.3 is 11.5 Å². The lowest BCUT2D eigenvalue weighted by Gasteiger charge is -2.07. The highest BCUT2D eigenvalue weighted by Gasteiger charge is 2.10. The van der Waals surface area contributed by atoms with Gasteiger partial charge in [-0.1, -0.05) is 12.1 Å². The van der Waals surface area contributed by atoms with Crippen LogP contribution < -0.4 is 11.5 Å². The Balaban J connectivity index is 2.34. The number of anilines is 1. The lowest BCUT2D eigenvalue weighted by atomic mass is 10.2. The number of aryl methyl sites for hydroxylation is 1. The Labute approximate surface area is 109 Å². The van der Waals surface area contributed by atoms with Crippen molar-refractivity contribution in [1.29, 1.82) is 0 Å². The SMILES string of the molecule is NCCCc1cnn(-c2ccccc2Br)c1N. The average molecular weight is 295 g/mol. The number of aromatic nitrogens is 2. The van der Waals surface area contributed by atoms with E-state index in [1.807, 2.05) is 30.5 Å². The van der Waals surface area contributed by atoms with Crippen molar-refractivity contribution in [3.05, 3.63) is 40.5 Å². The largest absolute Gasteiger partial charge is 0.383 e. The molecule has 1 aromatic carbocycles. The molecule has 0 bridgehead atoms. The lowest BCUT2D eigenvalue weighted by Crippen LogP contribution is -2.05. The third-order valence-corrected chi connectivity index (χ3v) is 3.29. The number of nitrogens with zero attached hydrogens (tertiary/aromatic N) is 2. The number of halogens is 1. The quantitative estimate of drug-likeness (QED) is 0.907. The molecule has 0 atom stereocenters. The number of hydrogen-bond acceptors (Lipinski definition) is 3. The highest BCUT2D eigenvalue weighted by molar-refractivity contribution is 9.10. The Hall–Kier alpha value is -1.33. The van der Waals surface area contributed by atoms with Gasteiger partial charge in [0.15, 0.2) is 0 Å². The standard InChI is InChI=1S/C12H15BrN4/c13-10-5-1-2-6-11(10)17-12(15)9(8-16-17)4-3-7-14/h1-2,5-6,8H,3-4,7,14-15H2. The van der Waals surface area contributed by atoms with E-state index in [-0.39, 0.29) is 0 Å². The van der Waals surface area contributed by atoms with Crippen molar-refractivity contribution in [3.8, 4) is 5.69 Å². The Bertz CT molecular complexity index is 507. The van der Waals surface area contributed by atoms with E-state index in [9.17, 15) is 0 Å². The van der Waals surface area contributed by atoms with Crippen LogP contribution in [0.3, 0.4) is 0 Å². The predicted molar refractivity (Wildman–Crippen MR) is 73.1 cm³/mol. The number of hydrogen-bond donors (Lipinski definition) is 2. The van der Waals surface area contributed by atoms with Crippen molar-refractivity contribution in [2.75, 3.05) is 12.3 Å². The van der Waals surface area contributed by atoms with Gasteiger partial charge in [-0.3, -0.25) is 0 Å². The second-order valence-corrected chi connectivity index (χ2v) is 4.66. The Morgan fingerprint density at radius 3 is 2.76 bits per heavy atom. The zero-order chi connectivity index (χ0) is 12.3. The van der Waals surface area contributed by atoms with E-state index < -0.39 is 0 Å².